The van der Waals surface area contributed by atoms with E-state index in [1.54, 1.807) is 0 Å². The third kappa shape index (κ3) is 5.98. The van der Waals surface area contributed by atoms with Gasteiger partial charge in [-0.2, -0.15) is 0 Å². The third-order valence-corrected chi connectivity index (χ3v) is 4.52. The molecular weight excluding hydrogens is 356 g/mol. The summed E-state index contributed by atoms with van der Waals surface area (Å²) in [5.74, 6) is -0.984. The van der Waals surface area contributed by atoms with E-state index in [1.807, 2.05) is 30.3 Å². The van der Waals surface area contributed by atoms with Crippen LogP contribution in [-0.4, -0.2) is 26.4 Å². The van der Waals surface area contributed by atoms with Crippen molar-refractivity contribution in [2.75, 3.05) is 5.32 Å². The van der Waals surface area contributed by atoms with Gasteiger partial charge in [-0.05, 0) is 43.2 Å². The highest BCUT2D eigenvalue weighted by Crippen LogP contribution is 2.13. The van der Waals surface area contributed by atoms with Gasteiger partial charge in [0.25, 0.3) is 5.91 Å². The Morgan fingerprint density at radius 3 is 2.27 bits per heavy atom. The summed E-state index contributed by atoms with van der Waals surface area (Å²) in [7, 11) is -3.79. The molecule has 1 amide bonds. The summed E-state index contributed by atoms with van der Waals surface area (Å²) in [6.45, 7) is 1.47. The number of nitrogens with one attached hydrogen (secondary N) is 1. The number of amides is 1. The van der Waals surface area contributed by atoms with Crippen LogP contribution in [0.25, 0.3) is 0 Å². The van der Waals surface area contributed by atoms with Crippen LogP contribution < -0.4 is 10.5 Å². The average Bonchev–Trinajstić information content (AvgIpc) is 2.60. The normalized spacial score (nSPS) is 12.2. The average molecular weight is 376 g/mol. The number of aryl methyl sites for hydroxylation is 1. The van der Waals surface area contributed by atoms with E-state index >= 15 is 0 Å². The Balaban J connectivity index is 1.84. The topological polar surface area (TPSA) is 116 Å². The van der Waals surface area contributed by atoms with Crippen LogP contribution in [0.3, 0.4) is 0 Å². The van der Waals surface area contributed by atoms with Gasteiger partial charge in [0.15, 0.2) is 6.10 Å². The molecule has 0 bridgehead atoms. The summed E-state index contributed by atoms with van der Waals surface area (Å²) in [4.78, 5) is 23.9. The molecule has 8 heteroatoms. The molecule has 0 fully saturated rings. The maximum atomic E-state index is 12.1. The zero-order valence-electron chi connectivity index (χ0n) is 14.2. The Hall–Kier alpha value is -2.71. The number of nitrogens with two attached hydrogens (primary N) is 1. The summed E-state index contributed by atoms with van der Waals surface area (Å²) >= 11 is 0. The van der Waals surface area contributed by atoms with Gasteiger partial charge in [0.2, 0.25) is 10.0 Å². The van der Waals surface area contributed by atoms with Gasteiger partial charge in [-0.15, -0.1) is 0 Å². The third-order valence-electron chi connectivity index (χ3n) is 3.59. The molecule has 26 heavy (non-hydrogen) atoms. The summed E-state index contributed by atoms with van der Waals surface area (Å²) in [6.07, 6.45) is -0.274. The maximum Gasteiger partial charge on any atom is 0.306 e. The van der Waals surface area contributed by atoms with Crippen molar-refractivity contribution < 1.29 is 22.7 Å². The Kier molecular flexibility index (Phi) is 6.48. The Labute approximate surface area is 152 Å². The largest absolute Gasteiger partial charge is 0.453 e. The molecule has 0 unspecified atom stereocenters. The number of primary sulfonamides is 1. The zero-order valence-corrected chi connectivity index (χ0v) is 15.0. The first-order valence-corrected chi connectivity index (χ1v) is 9.47. The second-order valence-corrected chi connectivity index (χ2v) is 7.24. The van der Waals surface area contributed by atoms with Crippen LogP contribution in [0.5, 0.6) is 0 Å². The van der Waals surface area contributed by atoms with Crippen molar-refractivity contribution in [2.45, 2.75) is 30.8 Å². The number of carbonyl (C=O) groups excluding carboxylic acids is 2. The first-order chi connectivity index (χ1) is 12.3. The highest BCUT2D eigenvalue weighted by atomic mass is 32.2. The van der Waals surface area contributed by atoms with Crippen molar-refractivity contribution in [1.29, 1.82) is 0 Å². The molecular formula is C18H20N2O5S. The van der Waals surface area contributed by atoms with Crippen LogP contribution in [0.2, 0.25) is 0 Å². The minimum atomic E-state index is -3.79. The minimum Gasteiger partial charge on any atom is -0.453 e. The summed E-state index contributed by atoms with van der Waals surface area (Å²) in [5.41, 5.74) is 1.38. The van der Waals surface area contributed by atoms with Crippen LogP contribution in [0.1, 0.15) is 18.9 Å². The molecule has 0 aliphatic carbocycles. The molecule has 0 aliphatic heterocycles. The van der Waals surface area contributed by atoms with Crippen molar-refractivity contribution in [2.24, 2.45) is 5.14 Å². The molecule has 2 aromatic rings. The summed E-state index contributed by atoms with van der Waals surface area (Å²) in [5, 5.41) is 7.56. The number of esters is 1. The van der Waals surface area contributed by atoms with Crippen LogP contribution in [0.4, 0.5) is 5.69 Å². The number of hydrogen-bond donors (Lipinski definition) is 2. The zero-order chi connectivity index (χ0) is 19.2. The van der Waals surface area contributed by atoms with Gasteiger partial charge in [-0.1, -0.05) is 30.3 Å². The number of hydrogen-bond acceptors (Lipinski definition) is 5. The summed E-state index contributed by atoms with van der Waals surface area (Å²) in [6, 6.07) is 14.9. The molecule has 0 spiro atoms. The van der Waals surface area contributed by atoms with Crippen molar-refractivity contribution >= 4 is 27.6 Å². The fraction of sp³-hybridized carbons (Fsp3) is 0.222. The molecule has 0 radical (unpaired) electrons. The van der Waals surface area contributed by atoms with E-state index in [2.05, 4.69) is 5.32 Å². The first-order valence-electron chi connectivity index (χ1n) is 7.93. The summed E-state index contributed by atoms with van der Waals surface area (Å²) < 4.78 is 27.5. The lowest BCUT2D eigenvalue weighted by atomic mass is 10.1. The molecule has 0 aromatic heterocycles. The SMILES string of the molecule is C[C@H](OC(=O)CCc1ccccc1)C(=O)Nc1ccc(S(N)(=O)=O)cc1. The molecule has 7 nitrogen and oxygen atoms in total. The molecule has 1 atom stereocenters. The van der Waals surface area contributed by atoms with E-state index in [0.29, 0.717) is 12.1 Å². The fourth-order valence-corrected chi connectivity index (χ4v) is 2.69. The highest BCUT2D eigenvalue weighted by Gasteiger charge is 2.18. The number of anilines is 1. The van der Waals surface area contributed by atoms with Gasteiger partial charge in [0.1, 0.15) is 0 Å². The lowest BCUT2D eigenvalue weighted by Crippen LogP contribution is -2.30. The minimum absolute atomic E-state index is 0.0594. The van der Waals surface area contributed by atoms with E-state index in [-0.39, 0.29) is 11.3 Å². The van der Waals surface area contributed by atoms with Gasteiger partial charge in [0.05, 0.1) is 4.90 Å². The van der Waals surface area contributed by atoms with Crippen molar-refractivity contribution in [3.8, 4) is 0 Å². The lowest BCUT2D eigenvalue weighted by Gasteiger charge is -2.13. The molecule has 2 rings (SSSR count). The second-order valence-electron chi connectivity index (χ2n) is 5.68. The number of ether oxygens (including phenoxy) is 1. The molecule has 0 saturated carbocycles. The monoisotopic (exact) mass is 376 g/mol. The van der Waals surface area contributed by atoms with E-state index in [4.69, 9.17) is 9.88 Å². The van der Waals surface area contributed by atoms with Gasteiger partial charge in [-0.3, -0.25) is 9.59 Å². The van der Waals surface area contributed by atoms with E-state index in [1.165, 1.54) is 31.2 Å². The van der Waals surface area contributed by atoms with Crippen LogP contribution in [-0.2, 0) is 30.8 Å². The second kappa shape index (κ2) is 8.59. The molecule has 2 aromatic carbocycles. The van der Waals surface area contributed by atoms with E-state index in [0.717, 1.165) is 5.56 Å². The molecule has 3 N–H and O–H groups in total. The predicted octanol–water partition coefficient (Wildman–Crippen LogP) is 1.84. The van der Waals surface area contributed by atoms with Gasteiger partial charge >= 0.3 is 5.97 Å². The van der Waals surface area contributed by atoms with Gasteiger partial charge < -0.3 is 10.1 Å². The smallest absolute Gasteiger partial charge is 0.306 e. The van der Waals surface area contributed by atoms with Crippen molar-refractivity contribution in [3.63, 3.8) is 0 Å². The fourth-order valence-electron chi connectivity index (χ4n) is 2.17. The van der Waals surface area contributed by atoms with Gasteiger partial charge in [-0.25, -0.2) is 13.6 Å². The molecule has 0 saturated heterocycles. The van der Waals surface area contributed by atoms with E-state index < -0.39 is 28.0 Å². The Morgan fingerprint density at radius 2 is 1.69 bits per heavy atom. The molecule has 0 heterocycles. The maximum absolute atomic E-state index is 12.1. The van der Waals surface area contributed by atoms with Crippen molar-refractivity contribution in [3.05, 3.63) is 60.2 Å². The van der Waals surface area contributed by atoms with Crippen LogP contribution >= 0.6 is 0 Å². The number of sulfonamides is 1. The Bertz CT molecular complexity index is 864. The van der Waals surface area contributed by atoms with Crippen LogP contribution in [0.15, 0.2) is 59.5 Å². The standard InChI is InChI=1S/C18H20N2O5S/c1-13(25-17(21)12-7-14-5-3-2-4-6-14)18(22)20-15-8-10-16(11-9-15)26(19,23)24/h2-6,8-11,13H,7,12H2,1H3,(H,20,22)(H2,19,23,24)/t13-/m0/s1. The number of carbonyl (C=O) groups is 2. The van der Waals surface area contributed by atoms with Crippen LogP contribution in [0, 0.1) is 0 Å². The molecule has 138 valence electrons. The quantitative estimate of drug-likeness (QED) is 0.715. The molecule has 0 aliphatic rings. The predicted molar refractivity (Wildman–Crippen MR) is 96.8 cm³/mol. The van der Waals surface area contributed by atoms with Gasteiger partial charge in [0, 0.05) is 12.1 Å². The lowest BCUT2D eigenvalue weighted by molar-refractivity contribution is -0.153. The Morgan fingerprint density at radius 1 is 1.08 bits per heavy atom. The number of benzene rings is 2. The first kappa shape index (κ1) is 19.6. The van der Waals surface area contributed by atoms with Crippen molar-refractivity contribution in [1.82, 2.24) is 0 Å². The highest BCUT2D eigenvalue weighted by molar-refractivity contribution is 7.89. The van der Waals surface area contributed by atoms with E-state index in [9.17, 15) is 18.0 Å². The number of rotatable bonds is 7.